The van der Waals surface area contributed by atoms with Gasteiger partial charge in [-0.05, 0) is 57.2 Å². The fraction of sp³-hybridized carbons (Fsp3) is 0.263. The lowest BCUT2D eigenvalue weighted by molar-refractivity contribution is -0.129. The van der Waals surface area contributed by atoms with Gasteiger partial charge in [-0.3, -0.25) is 0 Å². The van der Waals surface area contributed by atoms with Crippen LogP contribution in [0, 0.1) is 0 Å². The van der Waals surface area contributed by atoms with Crippen molar-refractivity contribution in [2.75, 3.05) is 4.90 Å². The van der Waals surface area contributed by atoms with Gasteiger partial charge in [-0.25, -0.2) is 9.79 Å². The van der Waals surface area contributed by atoms with Gasteiger partial charge in [-0.2, -0.15) is 0 Å². The van der Waals surface area contributed by atoms with E-state index in [1.807, 2.05) is 62.1 Å². The molecular formula is C19H18ClIN2O3. The average molecular weight is 485 g/mol. The Morgan fingerprint density at radius 2 is 1.88 bits per heavy atom. The van der Waals surface area contributed by atoms with Crippen LogP contribution < -0.4 is 9.64 Å². The molecule has 5 nitrogen and oxygen atoms in total. The Bertz CT molecular complexity index is 875. The Kier molecular flexibility index (Phi) is 5.16. The molecule has 0 spiro atoms. The Morgan fingerprint density at radius 1 is 1.23 bits per heavy atom. The lowest BCUT2D eigenvalue weighted by Gasteiger charge is -2.34. The van der Waals surface area contributed by atoms with Gasteiger partial charge in [0, 0.05) is 5.69 Å². The number of nitrogens with zero attached hydrogens (tertiary/aromatic N) is 2. The number of fused-ring (bicyclic) bond motifs is 1. The molecule has 7 heteroatoms. The normalized spacial score (nSPS) is 16.7. The van der Waals surface area contributed by atoms with E-state index in [4.69, 9.17) is 16.3 Å². The summed E-state index contributed by atoms with van der Waals surface area (Å²) in [7, 11) is 0. The van der Waals surface area contributed by atoms with Crippen molar-refractivity contribution in [3.63, 3.8) is 0 Å². The first kappa shape index (κ1) is 19.0. The number of halogens is 2. The summed E-state index contributed by atoms with van der Waals surface area (Å²) in [5, 5.41) is 9.95. The van der Waals surface area contributed by atoms with E-state index in [0.717, 1.165) is 17.1 Å². The van der Waals surface area contributed by atoms with E-state index in [1.165, 1.54) is 0 Å². The van der Waals surface area contributed by atoms with Gasteiger partial charge in [0.1, 0.15) is 21.1 Å². The van der Waals surface area contributed by atoms with Crippen LogP contribution in [0.25, 0.3) is 0 Å². The molecule has 26 heavy (non-hydrogen) atoms. The van der Waals surface area contributed by atoms with E-state index in [1.54, 1.807) is 6.07 Å². The van der Waals surface area contributed by atoms with Crippen LogP contribution in [0.15, 0.2) is 47.5 Å². The number of rotatable bonds is 3. The highest BCUT2D eigenvalue weighted by atomic mass is 127. The maximum atomic E-state index is 11.6. The van der Waals surface area contributed by atoms with Crippen molar-refractivity contribution < 1.29 is 14.6 Å². The predicted molar refractivity (Wildman–Crippen MR) is 113 cm³/mol. The third-order valence-electron chi connectivity index (χ3n) is 3.67. The van der Waals surface area contributed by atoms with Crippen LogP contribution >= 0.6 is 34.2 Å². The lowest BCUT2D eigenvalue weighted by Crippen LogP contribution is -2.39. The molecule has 3 rings (SSSR count). The molecule has 0 fully saturated rings. The van der Waals surface area contributed by atoms with E-state index >= 15 is 0 Å². The molecule has 1 heterocycles. The molecule has 0 saturated carbocycles. The highest BCUT2D eigenvalue weighted by Gasteiger charge is 2.34. The van der Waals surface area contributed by atoms with Gasteiger partial charge in [0.2, 0.25) is 0 Å². The summed E-state index contributed by atoms with van der Waals surface area (Å²) in [4.78, 5) is 17.8. The second-order valence-corrected chi connectivity index (χ2v) is 8.41. The van der Waals surface area contributed by atoms with E-state index in [-0.39, 0.29) is 11.3 Å². The van der Waals surface area contributed by atoms with Gasteiger partial charge >= 0.3 is 5.97 Å². The third kappa shape index (κ3) is 3.81. The zero-order valence-electron chi connectivity index (χ0n) is 14.5. The summed E-state index contributed by atoms with van der Waals surface area (Å²) >= 11 is 8.34. The van der Waals surface area contributed by atoms with Crippen LogP contribution in [0.1, 0.15) is 20.8 Å². The fourth-order valence-electron chi connectivity index (χ4n) is 2.68. The van der Waals surface area contributed by atoms with E-state index < -0.39 is 10.0 Å². The second-order valence-electron chi connectivity index (χ2n) is 6.82. The average Bonchev–Trinajstić information content (AvgIpc) is 2.54. The molecule has 1 aliphatic heterocycles. The molecule has 0 saturated heterocycles. The van der Waals surface area contributed by atoms with E-state index in [2.05, 4.69) is 27.6 Å². The minimum Gasteiger partial charge on any atom is -0.488 e. The number of anilines is 2. The molecule has 2 aromatic carbocycles. The number of aliphatic carboxylic acids is 1. The van der Waals surface area contributed by atoms with Crippen LogP contribution in [-0.4, -0.2) is 26.4 Å². The number of hydrogen-bond donors (Lipinski definition) is 1. The van der Waals surface area contributed by atoms with E-state index in [9.17, 15) is 9.90 Å². The van der Waals surface area contributed by atoms with Gasteiger partial charge in [-0.15, -0.1) is 0 Å². The summed E-state index contributed by atoms with van der Waals surface area (Å²) in [5.41, 5.74) is 1.83. The molecule has 0 radical (unpaired) electrons. The molecule has 2 aromatic rings. The third-order valence-corrected chi connectivity index (χ3v) is 5.12. The number of para-hydroxylation sites is 1. The first-order valence-corrected chi connectivity index (χ1v) is 9.62. The number of benzene rings is 2. The number of ether oxygens (including phenoxy) is 1. The molecule has 1 unspecified atom stereocenters. The van der Waals surface area contributed by atoms with Crippen molar-refractivity contribution in [3.05, 3.63) is 47.5 Å². The zero-order chi connectivity index (χ0) is 19.1. The van der Waals surface area contributed by atoms with Crippen molar-refractivity contribution in [1.82, 2.24) is 0 Å². The SMILES string of the molecule is CC(C)(C)Oc1ccc(N2c3cccc(Cl)c3N=C(C(=O)O)C2I)cc1. The van der Waals surface area contributed by atoms with Crippen LogP contribution in [0.4, 0.5) is 17.1 Å². The predicted octanol–water partition coefficient (Wildman–Crippen LogP) is 5.59. The van der Waals surface area contributed by atoms with Crippen molar-refractivity contribution in [2.24, 2.45) is 4.99 Å². The highest BCUT2D eigenvalue weighted by Crippen LogP contribution is 2.45. The highest BCUT2D eigenvalue weighted by molar-refractivity contribution is 14.1. The standard InChI is InChI=1S/C19H18ClIN2O3/c1-19(2,3)26-12-9-7-11(8-10-12)23-14-6-4-5-13(20)15(14)22-16(17(23)21)18(24)25/h4-10,17H,1-3H3,(H,24,25). The smallest absolute Gasteiger partial charge is 0.353 e. The van der Waals surface area contributed by atoms with Crippen molar-refractivity contribution in [3.8, 4) is 5.75 Å². The molecule has 136 valence electrons. The molecule has 0 bridgehead atoms. The number of carboxylic acids is 1. The van der Waals surface area contributed by atoms with Crippen molar-refractivity contribution >= 4 is 62.9 Å². The summed E-state index contributed by atoms with van der Waals surface area (Å²) in [6.45, 7) is 5.96. The largest absolute Gasteiger partial charge is 0.488 e. The van der Waals surface area contributed by atoms with Gasteiger partial charge in [-0.1, -0.05) is 40.3 Å². The molecule has 1 N–H and O–H groups in total. The number of alkyl halides is 1. The molecule has 0 amide bonds. The molecule has 0 aromatic heterocycles. The Labute approximate surface area is 170 Å². The van der Waals surface area contributed by atoms with Gasteiger partial charge < -0.3 is 14.7 Å². The first-order chi connectivity index (χ1) is 12.2. The van der Waals surface area contributed by atoms with Crippen molar-refractivity contribution in [1.29, 1.82) is 0 Å². The van der Waals surface area contributed by atoms with Crippen LogP contribution in [-0.2, 0) is 4.79 Å². The van der Waals surface area contributed by atoms with Crippen LogP contribution in [0.2, 0.25) is 5.02 Å². The fourth-order valence-corrected chi connectivity index (χ4v) is 3.91. The van der Waals surface area contributed by atoms with Gasteiger partial charge in [0.25, 0.3) is 0 Å². The minimum absolute atomic E-state index is 0.0428. The van der Waals surface area contributed by atoms with E-state index in [0.29, 0.717) is 10.7 Å². The second kappa shape index (κ2) is 7.08. The first-order valence-electron chi connectivity index (χ1n) is 8.00. The zero-order valence-corrected chi connectivity index (χ0v) is 17.4. The molecular weight excluding hydrogens is 467 g/mol. The number of carboxylic acid groups (broad SMARTS) is 1. The maximum Gasteiger partial charge on any atom is 0.353 e. The number of aliphatic imine (C=N–C) groups is 1. The monoisotopic (exact) mass is 484 g/mol. The van der Waals surface area contributed by atoms with Crippen LogP contribution in [0.3, 0.4) is 0 Å². The Hall–Kier alpha value is -1.80. The topological polar surface area (TPSA) is 62.1 Å². The summed E-state index contributed by atoms with van der Waals surface area (Å²) in [6.07, 6.45) is 0. The van der Waals surface area contributed by atoms with Gasteiger partial charge in [0.15, 0.2) is 5.71 Å². The van der Waals surface area contributed by atoms with Gasteiger partial charge in [0.05, 0.1) is 10.7 Å². The quantitative estimate of drug-likeness (QED) is 0.351. The van der Waals surface area contributed by atoms with Crippen molar-refractivity contribution in [2.45, 2.75) is 30.4 Å². The lowest BCUT2D eigenvalue weighted by atomic mass is 10.1. The summed E-state index contributed by atoms with van der Waals surface area (Å²) in [6, 6.07) is 13.0. The van der Waals surface area contributed by atoms with Crippen LogP contribution in [0.5, 0.6) is 5.75 Å². The molecule has 1 aliphatic rings. The maximum absolute atomic E-state index is 11.6. The molecule has 1 atom stereocenters. The number of carbonyl (C=O) groups is 1. The number of hydrogen-bond acceptors (Lipinski definition) is 4. The minimum atomic E-state index is -1.06. The summed E-state index contributed by atoms with van der Waals surface area (Å²) < 4.78 is 5.39. The Balaban J connectivity index is 2.05. The Morgan fingerprint density at radius 3 is 2.46 bits per heavy atom. The summed E-state index contributed by atoms with van der Waals surface area (Å²) in [5.74, 6) is -0.311. The molecule has 0 aliphatic carbocycles.